The fraction of sp³-hybridized carbons (Fsp3) is 0.533. The Hall–Kier alpha value is -3.79. The lowest BCUT2D eigenvalue weighted by atomic mass is 9.71. The number of hydrogen-bond acceptors (Lipinski definition) is 7. The number of aromatic nitrogens is 1. The maximum absolute atomic E-state index is 13.0. The van der Waals surface area contributed by atoms with Crippen LogP contribution in [0.5, 0.6) is 5.75 Å². The minimum absolute atomic E-state index is 0.0375. The SMILES string of the molecule is CC1(C)Cc2c(CN3CCC4(CC3)CCN(C(=O)c3cc(N)ncc3Cl)CC4)cccc2O1.O=C(O)C(F)(F)F.O=C(O)C(F)(F)F. The summed E-state index contributed by atoms with van der Waals surface area (Å²) in [5.74, 6) is -4.17. The number of ether oxygens (including phenoxy) is 1. The Morgan fingerprint density at radius 3 is 1.98 bits per heavy atom. The number of halogens is 7. The zero-order valence-corrected chi connectivity index (χ0v) is 26.3. The van der Waals surface area contributed by atoms with E-state index in [9.17, 15) is 31.1 Å². The van der Waals surface area contributed by atoms with E-state index in [1.54, 1.807) is 6.07 Å². The largest absolute Gasteiger partial charge is 0.490 e. The molecule has 47 heavy (non-hydrogen) atoms. The van der Waals surface area contributed by atoms with Crippen molar-refractivity contribution in [2.75, 3.05) is 31.9 Å². The highest BCUT2D eigenvalue weighted by Gasteiger charge is 2.40. The first kappa shape index (κ1) is 37.7. The number of pyridine rings is 1. The summed E-state index contributed by atoms with van der Waals surface area (Å²) in [6, 6.07) is 8.06. The number of amides is 1. The zero-order valence-electron chi connectivity index (χ0n) is 25.5. The van der Waals surface area contributed by atoms with E-state index in [0.29, 0.717) is 21.8 Å². The molecule has 4 heterocycles. The Kier molecular flexibility index (Phi) is 11.7. The van der Waals surface area contributed by atoms with Crippen molar-refractivity contribution in [3.05, 3.63) is 52.2 Å². The topological polar surface area (TPSA) is 146 Å². The second kappa shape index (κ2) is 14.5. The fourth-order valence-electron chi connectivity index (χ4n) is 5.71. The summed E-state index contributed by atoms with van der Waals surface area (Å²) in [5, 5.41) is 14.6. The maximum atomic E-state index is 13.0. The van der Waals surface area contributed by atoms with Gasteiger partial charge in [-0.2, -0.15) is 26.3 Å². The van der Waals surface area contributed by atoms with Gasteiger partial charge in [0.1, 0.15) is 17.2 Å². The van der Waals surface area contributed by atoms with Crippen LogP contribution in [-0.4, -0.2) is 87.0 Å². The van der Waals surface area contributed by atoms with E-state index in [-0.39, 0.29) is 11.5 Å². The molecule has 4 N–H and O–H groups in total. The Balaban J connectivity index is 0.000000360. The predicted molar refractivity (Wildman–Crippen MR) is 158 cm³/mol. The van der Waals surface area contributed by atoms with Crippen molar-refractivity contribution in [3.8, 4) is 5.75 Å². The number of likely N-dealkylation sites (tertiary alicyclic amines) is 2. The number of hydrogen-bond donors (Lipinski definition) is 3. The molecule has 0 saturated carbocycles. The lowest BCUT2D eigenvalue weighted by molar-refractivity contribution is -0.193. The average molecular weight is 697 g/mol. The Morgan fingerprint density at radius 1 is 0.957 bits per heavy atom. The van der Waals surface area contributed by atoms with Crippen LogP contribution in [-0.2, 0) is 22.6 Å². The molecule has 0 radical (unpaired) electrons. The lowest BCUT2D eigenvalue weighted by Gasteiger charge is -2.47. The van der Waals surface area contributed by atoms with Crippen molar-refractivity contribution >= 4 is 35.3 Å². The molecule has 2 fully saturated rings. The van der Waals surface area contributed by atoms with Gasteiger partial charge < -0.3 is 25.6 Å². The van der Waals surface area contributed by atoms with Crippen molar-refractivity contribution in [2.45, 2.75) is 70.4 Å². The third-order valence-electron chi connectivity index (χ3n) is 8.23. The number of nitrogen functional groups attached to an aromatic ring is 1. The van der Waals surface area contributed by atoms with Crippen LogP contribution in [0, 0.1) is 5.41 Å². The quantitative estimate of drug-likeness (QED) is 0.338. The third-order valence-corrected chi connectivity index (χ3v) is 8.53. The monoisotopic (exact) mass is 696 g/mol. The summed E-state index contributed by atoms with van der Waals surface area (Å²) in [6.07, 6.45) is -3.25. The van der Waals surface area contributed by atoms with Crippen molar-refractivity contribution in [2.24, 2.45) is 5.41 Å². The molecular weight excluding hydrogens is 662 g/mol. The molecule has 260 valence electrons. The maximum Gasteiger partial charge on any atom is 0.490 e. The number of piperidine rings is 2. The molecule has 3 aliphatic heterocycles. The van der Waals surface area contributed by atoms with Crippen molar-refractivity contribution in [3.63, 3.8) is 0 Å². The van der Waals surface area contributed by atoms with E-state index in [2.05, 4.69) is 41.9 Å². The van der Waals surface area contributed by atoms with Crippen LogP contribution in [0.3, 0.4) is 0 Å². The molecule has 2 saturated heterocycles. The molecule has 17 heteroatoms. The minimum atomic E-state index is -5.08. The average Bonchev–Trinajstić information content (AvgIpc) is 3.30. The van der Waals surface area contributed by atoms with Gasteiger partial charge >= 0.3 is 24.3 Å². The molecule has 1 aromatic heterocycles. The zero-order chi connectivity index (χ0) is 35.4. The number of nitrogens with zero attached hydrogens (tertiary/aromatic N) is 3. The standard InChI is InChI=1S/C26H33ClN4O2.2C2HF3O2/c1-25(2)15-20-18(4-3-5-22(20)33-25)17-30-10-6-26(7-11-30)8-12-31(13-9-26)24(32)19-14-23(28)29-16-21(19)27;2*3-2(4,5)1(6)7/h3-5,14,16H,6-13,15,17H2,1-2H3,(H2,28,29);2*(H,6,7). The van der Waals surface area contributed by atoms with Gasteiger partial charge in [0, 0.05) is 37.8 Å². The number of alkyl halides is 6. The second-order valence-electron chi connectivity index (χ2n) is 12.2. The van der Waals surface area contributed by atoms with Gasteiger partial charge in [0.05, 0.1) is 10.6 Å². The smallest absolute Gasteiger partial charge is 0.487 e. The molecule has 1 aromatic carbocycles. The highest BCUT2D eigenvalue weighted by atomic mass is 35.5. The Bertz CT molecular complexity index is 1430. The number of benzene rings is 1. The normalized spacial score (nSPS) is 18.5. The number of carboxylic acid groups (broad SMARTS) is 2. The number of anilines is 1. The van der Waals surface area contributed by atoms with E-state index >= 15 is 0 Å². The van der Waals surface area contributed by atoms with Gasteiger partial charge in [-0.1, -0.05) is 23.7 Å². The number of carboxylic acids is 2. The van der Waals surface area contributed by atoms with E-state index in [4.69, 9.17) is 41.9 Å². The van der Waals surface area contributed by atoms with Crippen LogP contribution in [0.25, 0.3) is 0 Å². The summed E-state index contributed by atoms with van der Waals surface area (Å²) < 4.78 is 69.6. The van der Waals surface area contributed by atoms with Crippen LogP contribution < -0.4 is 10.5 Å². The van der Waals surface area contributed by atoms with Gasteiger partial charge in [-0.3, -0.25) is 9.69 Å². The van der Waals surface area contributed by atoms with Gasteiger partial charge in [0.2, 0.25) is 0 Å². The summed E-state index contributed by atoms with van der Waals surface area (Å²) in [7, 11) is 0. The molecule has 0 atom stereocenters. The molecule has 3 aliphatic rings. The van der Waals surface area contributed by atoms with Crippen LogP contribution in [0.2, 0.25) is 5.02 Å². The summed E-state index contributed by atoms with van der Waals surface area (Å²) in [4.78, 5) is 39.2. The van der Waals surface area contributed by atoms with Gasteiger partial charge in [-0.15, -0.1) is 0 Å². The first-order valence-electron chi connectivity index (χ1n) is 14.5. The summed E-state index contributed by atoms with van der Waals surface area (Å²) >= 11 is 6.21. The first-order valence-corrected chi connectivity index (χ1v) is 14.8. The molecule has 0 aliphatic carbocycles. The van der Waals surface area contributed by atoms with E-state index in [1.807, 2.05) is 4.90 Å². The summed E-state index contributed by atoms with van der Waals surface area (Å²) in [6.45, 7) is 9.08. The second-order valence-corrected chi connectivity index (χ2v) is 12.6. The number of carbonyl (C=O) groups is 3. The van der Waals surface area contributed by atoms with Gasteiger partial charge in [0.15, 0.2) is 0 Å². The molecule has 10 nitrogen and oxygen atoms in total. The van der Waals surface area contributed by atoms with Crippen LogP contribution in [0.1, 0.15) is 61.0 Å². The number of aliphatic carboxylic acids is 2. The van der Waals surface area contributed by atoms with Gasteiger partial charge in [-0.25, -0.2) is 14.6 Å². The first-order chi connectivity index (χ1) is 21.6. The van der Waals surface area contributed by atoms with Crippen molar-refractivity contribution < 1.29 is 55.7 Å². The van der Waals surface area contributed by atoms with Crippen LogP contribution in [0.4, 0.5) is 32.2 Å². The molecule has 1 spiro atoms. The Morgan fingerprint density at radius 2 is 1.47 bits per heavy atom. The lowest BCUT2D eigenvalue weighted by Crippen LogP contribution is -2.48. The number of nitrogens with two attached hydrogens (primary N) is 1. The van der Waals surface area contributed by atoms with Crippen molar-refractivity contribution in [1.29, 1.82) is 0 Å². The van der Waals surface area contributed by atoms with Crippen molar-refractivity contribution in [1.82, 2.24) is 14.8 Å². The van der Waals surface area contributed by atoms with E-state index in [0.717, 1.165) is 57.7 Å². The highest BCUT2D eigenvalue weighted by Crippen LogP contribution is 2.43. The summed E-state index contributed by atoms with van der Waals surface area (Å²) in [5.41, 5.74) is 9.24. The van der Waals surface area contributed by atoms with Crippen LogP contribution >= 0.6 is 11.6 Å². The number of rotatable bonds is 3. The Labute approximate surface area is 271 Å². The molecule has 2 aromatic rings. The molecule has 5 rings (SSSR count). The number of carbonyl (C=O) groups excluding carboxylic acids is 1. The predicted octanol–water partition coefficient (Wildman–Crippen LogP) is 5.82. The molecule has 1 amide bonds. The molecule has 0 unspecified atom stereocenters. The van der Waals surface area contributed by atoms with Gasteiger partial charge in [0.25, 0.3) is 5.91 Å². The minimum Gasteiger partial charge on any atom is -0.487 e. The molecule has 0 bridgehead atoms. The molecular formula is C30H35ClF6N4O6. The fourth-order valence-corrected chi connectivity index (χ4v) is 5.90. The van der Waals surface area contributed by atoms with E-state index < -0.39 is 24.3 Å². The van der Waals surface area contributed by atoms with Gasteiger partial charge in [-0.05, 0) is 75.7 Å². The third kappa shape index (κ3) is 10.3. The number of fused-ring (bicyclic) bond motifs is 1. The highest BCUT2D eigenvalue weighted by molar-refractivity contribution is 6.33. The van der Waals surface area contributed by atoms with Crippen LogP contribution in [0.15, 0.2) is 30.5 Å². The van der Waals surface area contributed by atoms with E-state index in [1.165, 1.54) is 30.2 Å².